The Morgan fingerprint density at radius 2 is 2.17 bits per heavy atom. The first-order valence-corrected chi connectivity index (χ1v) is 7.80. The van der Waals surface area contributed by atoms with Crippen molar-refractivity contribution in [1.82, 2.24) is 9.97 Å². The van der Waals surface area contributed by atoms with Crippen molar-refractivity contribution in [3.63, 3.8) is 0 Å². The van der Waals surface area contributed by atoms with Crippen molar-refractivity contribution in [2.45, 2.75) is 32.2 Å². The summed E-state index contributed by atoms with van der Waals surface area (Å²) in [7, 11) is 0. The Kier molecular flexibility index (Phi) is 3.61. The average Bonchev–Trinajstić information content (AvgIpc) is 2.82. The van der Waals surface area contributed by atoms with Gasteiger partial charge in [-0.05, 0) is 53.1 Å². The molecule has 0 aliphatic heterocycles. The highest BCUT2D eigenvalue weighted by Crippen LogP contribution is 2.27. The van der Waals surface area contributed by atoms with Crippen molar-refractivity contribution < 1.29 is 0 Å². The van der Waals surface area contributed by atoms with Gasteiger partial charge in [0.05, 0.1) is 6.54 Å². The predicted molar refractivity (Wildman–Crippen MR) is 78.0 cm³/mol. The molecule has 0 aromatic carbocycles. The molecule has 0 fully saturated rings. The van der Waals surface area contributed by atoms with Crippen molar-refractivity contribution in [3.05, 3.63) is 38.4 Å². The molecular formula is C13H14BrN3S. The number of anilines is 1. The van der Waals surface area contributed by atoms with Crippen LogP contribution in [0.3, 0.4) is 0 Å². The minimum Gasteiger partial charge on any atom is -0.365 e. The lowest BCUT2D eigenvalue weighted by molar-refractivity contribution is 0.663. The standard InChI is InChI=1S/C13H14BrN3S/c14-10-5-6-18-12(10)7-15-13-9-3-1-2-4-11(9)16-8-17-13/h5-6,8H,1-4,7H2,(H,15,16,17). The number of hydrogen-bond donors (Lipinski definition) is 1. The van der Waals surface area contributed by atoms with Gasteiger partial charge in [0.25, 0.3) is 0 Å². The number of rotatable bonds is 3. The molecule has 0 amide bonds. The average molecular weight is 324 g/mol. The van der Waals surface area contributed by atoms with Crippen LogP contribution in [0.15, 0.2) is 22.2 Å². The lowest BCUT2D eigenvalue weighted by atomic mass is 9.96. The fraction of sp³-hybridized carbons (Fsp3) is 0.385. The zero-order valence-corrected chi connectivity index (χ0v) is 12.4. The number of halogens is 1. The second-order valence-corrected chi connectivity index (χ2v) is 6.25. The summed E-state index contributed by atoms with van der Waals surface area (Å²) in [5, 5.41) is 5.54. The molecule has 0 unspecified atom stereocenters. The van der Waals surface area contributed by atoms with Crippen LogP contribution in [0, 0.1) is 0 Å². The number of aryl methyl sites for hydroxylation is 1. The Bertz CT molecular complexity index is 553. The van der Waals surface area contributed by atoms with Gasteiger partial charge < -0.3 is 5.32 Å². The van der Waals surface area contributed by atoms with E-state index in [1.165, 1.54) is 33.4 Å². The minimum absolute atomic E-state index is 0.821. The Hall–Kier alpha value is -0.940. The SMILES string of the molecule is Brc1ccsc1CNc1ncnc2c1CCCC2. The van der Waals surface area contributed by atoms with Crippen LogP contribution < -0.4 is 5.32 Å². The Labute approximate surface area is 119 Å². The molecule has 3 nitrogen and oxygen atoms in total. The molecule has 94 valence electrons. The van der Waals surface area contributed by atoms with E-state index >= 15 is 0 Å². The highest BCUT2D eigenvalue weighted by atomic mass is 79.9. The second kappa shape index (κ2) is 5.36. The normalized spacial score (nSPS) is 14.3. The van der Waals surface area contributed by atoms with Crippen LogP contribution in [0.1, 0.15) is 29.0 Å². The van der Waals surface area contributed by atoms with Crippen LogP contribution in [-0.2, 0) is 19.4 Å². The molecule has 2 aromatic rings. The second-order valence-electron chi connectivity index (χ2n) is 4.40. The number of nitrogens with one attached hydrogen (secondary N) is 1. The van der Waals surface area contributed by atoms with Gasteiger partial charge in [0.2, 0.25) is 0 Å². The maximum Gasteiger partial charge on any atom is 0.133 e. The van der Waals surface area contributed by atoms with Gasteiger partial charge in [-0.3, -0.25) is 0 Å². The molecule has 18 heavy (non-hydrogen) atoms. The van der Waals surface area contributed by atoms with Gasteiger partial charge in [-0.25, -0.2) is 9.97 Å². The zero-order valence-electron chi connectivity index (χ0n) is 9.95. The molecule has 1 N–H and O–H groups in total. The van der Waals surface area contributed by atoms with Crippen LogP contribution in [0.25, 0.3) is 0 Å². The molecule has 2 heterocycles. The van der Waals surface area contributed by atoms with Crippen molar-refractivity contribution >= 4 is 33.1 Å². The van der Waals surface area contributed by atoms with E-state index < -0.39 is 0 Å². The maximum absolute atomic E-state index is 4.39. The molecule has 3 rings (SSSR count). The smallest absolute Gasteiger partial charge is 0.133 e. The summed E-state index contributed by atoms with van der Waals surface area (Å²) in [5.74, 6) is 1.01. The van der Waals surface area contributed by atoms with E-state index in [2.05, 4.69) is 42.7 Å². The van der Waals surface area contributed by atoms with E-state index in [-0.39, 0.29) is 0 Å². The van der Waals surface area contributed by atoms with Gasteiger partial charge in [0.1, 0.15) is 12.1 Å². The van der Waals surface area contributed by atoms with Gasteiger partial charge in [0.15, 0.2) is 0 Å². The Morgan fingerprint density at radius 1 is 1.28 bits per heavy atom. The summed E-state index contributed by atoms with van der Waals surface area (Å²) in [5.41, 5.74) is 2.54. The third kappa shape index (κ3) is 2.42. The third-order valence-corrected chi connectivity index (χ3v) is 5.16. The maximum atomic E-state index is 4.39. The van der Waals surface area contributed by atoms with E-state index in [4.69, 9.17) is 0 Å². The Morgan fingerprint density at radius 3 is 3.00 bits per heavy atom. The van der Waals surface area contributed by atoms with Gasteiger partial charge >= 0.3 is 0 Å². The summed E-state index contributed by atoms with van der Waals surface area (Å²) in [6.07, 6.45) is 6.37. The van der Waals surface area contributed by atoms with Crippen molar-refractivity contribution in [2.24, 2.45) is 0 Å². The van der Waals surface area contributed by atoms with Crippen LogP contribution in [0.2, 0.25) is 0 Å². The van der Waals surface area contributed by atoms with Crippen LogP contribution in [0.5, 0.6) is 0 Å². The summed E-state index contributed by atoms with van der Waals surface area (Å²) < 4.78 is 1.17. The first-order chi connectivity index (χ1) is 8.84. The highest BCUT2D eigenvalue weighted by Gasteiger charge is 2.15. The molecule has 5 heteroatoms. The van der Waals surface area contributed by atoms with Gasteiger partial charge in [-0.2, -0.15) is 0 Å². The predicted octanol–water partition coefficient (Wildman–Crippen LogP) is 3.79. The lowest BCUT2D eigenvalue weighted by Gasteiger charge is -2.17. The summed E-state index contributed by atoms with van der Waals surface area (Å²) in [6.45, 7) is 0.821. The topological polar surface area (TPSA) is 37.8 Å². The summed E-state index contributed by atoms with van der Waals surface area (Å²) in [6, 6.07) is 2.08. The van der Waals surface area contributed by atoms with E-state index in [1.807, 2.05) is 0 Å². The third-order valence-electron chi connectivity index (χ3n) is 3.23. The van der Waals surface area contributed by atoms with Crippen LogP contribution in [-0.4, -0.2) is 9.97 Å². The minimum atomic E-state index is 0.821. The first kappa shape index (κ1) is 12.1. The largest absolute Gasteiger partial charge is 0.365 e. The van der Waals surface area contributed by atoms with Gasteiger partial charge in [-0.1, -0.05) is 0 Å². The summed E-state index contributed by atoms with van der Waals surface area (Å²) >= 11 is 5.31. The van der Waals surface area contributed by atoms with Gasteiger partial charge in [0, 0.05) is 20.6 Å². The van der Waals surface area contributed by atoms with Gasteiger partial charge in [-0.15, -0.1) is 11.3 Å². The monoisotopic (exact) mass is 323 g/mol. The molecular weight excluding hydrogens is 310 g/mol. The number of thiophene rings is 1. The zero-order chi connectivity index (χ0) is 12.4. The van der Waals surface area contributed by atoms with Crippen LogP contribution in [0.4, 0.5) is 5.82 Å². The van der Waals surface area contributed by atoms with Crippen molar-refractivity contribution in [3.8, 4) is 0 Å². The first-order valence-electron chi connectivity index (χ1n) is 6.13. The Balaban J connectivity index is 1.79. The molecule has 1 aliphatic carbocycles. The van der Waals surface area contributed by atoms with Crippen LogP contribution >= 0.6 is 27.3 Å². The molecule has 0 saturated heterocycles. The molecule has 0 saturated carbocycles. The fourth-order valence-electron chi connectivity index (χ4n) is 2.29. The molecule has 0 atom stereocenters. The molecule has 0 radical (unpaired) electrons. The molecule has 2 aromatic heterocycles. The van der Waals surface area contributed by atoms with E-state index in [0.717, 1.165) is 25.2 Å². The summed E-state index contributed by atoms with van der Waals surface area (Å²) in [4.78, 5) is 10.1. The van der Waals surface area contributed by atoms with E-state index in [0.29, 0.717) is 0 Å². The van der Waals surface area contributed by atoms with E-state index in [9.17, 15) is 0 Å². The molecule has 0 bridgehead atoms. The lowest BCUT2D eigenvalue weighted by Crippen LogP contribution is -2.11. The van der Waals surface area contributed by atoms with E-state index in [1.54, 1.807) is 17.7 Å². The molecule has 0 spiro atoms. The van der Waals surface area contributed by atoms with Crippen molar-refractivity contribution in [2.75, 3.05) is 5.32 Å². The molecule has 1 aliphatic rings. The number of nitrogens with zero attached hydrogens (tertiary/aromatic N) is 2. The fourth-order valence-corrected chi connectivity index (χ4v) is 3.72. The number of fused-ring (bicyclic) bond motifs is 1. The highest BCUT2D eigenvalue weighted by molar-refractivity contribution is 9.10. The number of aromatic nitrogens is 2. The van der Waals surface area contributed by atoms with Crippen molar-refractivity contribution in [1.29, 1.82) is 0 Å². The number of hydrogen-bond acceptors (Lipinski definition) is 4. The quantitative estimate of drug-likeness (QED) is 0.933.